The summed E-state index contributed by atoms with van der Waals surface area (Å²) < 4.78 is 24.8. The number of amides is 1. The van der Waals surface area contributed by atoms with Gasteiger partial charge in [0.1, 0.15) is 18.2 Å². The lowest BCUT2D eigenvalue weighted by Gasteiger charge is -2.26. The van der Waals surface area contributed by atoms with Crippen molar-refractivity contribution in [1.82, 2.24) is 5.32 Å². The first kappa shape index (κ1) is 18.6. The monoisotopic (exact) mass is 369 g/mol. The first-order valence-corrected chi connectivity index (χ1v) is 8.54. The number of ether oxygens (including phenoxy) is 2. The smallest absolute Gasteiger partial charge is 0.336 e. The number of nitrogens with one attached hydrogen (secondary N) is 1. The minimum absolute atomic E-state index is 0.00869. The quantitative estimate of drug-likeness (QED) is 0.820. The highest BCUT2D eigenvalue weighted by molar-refractivity contribution is 5.95. The van der Waals surface area contributed by atoms with Crippen molar-refractivity contribution in [2.45, 2.75) is 25.9 Å². The number of allylic oxidation sites excluding steroid dienone is 1. The first-order chi connectivity index (χ1) is 13.0. The summed E-state index contributed by atoms with van der Waals surface area (Å²) in [5.74, 6) is -1.25. The maximum atomic E-state index is 14.3. The molecule has 1 amide bonds. The number of methoxy groups -OCH3 is 1. The van der Waals surface area contributed by atoms with Gasteiger partial charge in [0.15, 0.2) is 0 Å². The highest BCUT2D eigenvalue weighted by Crippen LogP contribution is 2.34. The average Bonchev–Trinajstić information content (AvgIpc) is 2.66. The number of carbonyl (C=O) groups excluding carboxylic acids is 2. The number of rotatable bonds is 5. The Hall–Kier alpha value is -3.15. The van der Waals surface area contributed by atoms with Crippen molar-refractivity contribution in [1.29, 1.82) is 0 Å². The van der Waals surface area contributed by atoms with Crippen LogP contribution in [0.25, 0.3) is 0 Å². The van der Waals surface area contributed by atoms with Crippen LogP contribution in [0.15, 0.2) is 59.8 Å². The highest BCUT2D eigenvalue weighted by atomic mass is 19.1. The minimum Gasteiger partial charge on any atom is -0.497 e. The van der Waals surface area contributed by atoms with Crippen molar-refractivity contribution < 1.29 is 23.5 Å². The summed E-state index contributed by atoms with van der Waals surface area (Å²) in [5, 5.41) is 2.64. The van der Waals surface area contributed by atoms with Gasteiger partial charge < -0.3 is 14.8 Å². The second-order valence-electron chi connectivity index (χ2n) is 6.29. The molecule has 0 unspecified atom stereocenters. The van der Waals surface area contributed by atoms with Crippen LogP contribution in [-0.2, 0) is 20.9 Å². The molecule has 0 radical (unpaired) electrons. The summed E-state index contributed by atoms with van der Waals surface area (Å²) >= 11 is 0. The molecule has 3 rings (SSSR count). The zero-order valence-corrected chi connectivity index (χ0v) is 15.1. The molecule has 0 bridgehead atoms. The van der Waals surface area contributed by atoms with Crippen LogP contribution in [0, 0.1) is 5.82 Å². The largest absolute Gasteiger partial charge is 0.497 e. The van der Waals surface area contributed by atoms with Crippen molar-refractivity contribution in [3.8, 4) is 5.75 Å². The van der Waals surface area contributed by atoms with Crippen molar-refractivity contribution in [3.63, 3.8) is 0 Å². The summed E-state index contributed by atoms with van der Waals surface area (Å²) in [4.78, 5) is 24.7. The SMILES string of the molecule is COc1ccc(COC(=O)C2=C(C)NC(=O)C[C@H]2c2ccccc2F)cc1. The van der Waals surface area contributed by atoms with E-state index in [4.69, 9.17) is 9.47 Å². The lowest BCUT2D eigenvalue weighted by molar-refractivity contribution is -0.141. The molecule has 0 fully saturated rings. The summed E-state index contributed by atoms with van der Waals surface area (Å²) in [7, 11) is 1.57. The number of hydrogen-bond acceptors (Lipinski definition) is 4. The number of hydrogen-bond donors (Lipinski definition) is 1. The number of esters is 1. The lowest BCUT2D eigenvalue weighted by atomic mass is 9.84. The van der Waals surface area contributed by atoms with E-state index in [0.717, 1.165) is 5.56 Å². The van der Waals surface area contributed by atoms with Gasteiger partial charge in [0.05, 0.1) is 12.7 Å². The fourth-order valence-corrected chi connectivity index (χ4v) is 3.14. The van der Waals surface area contributed by atoms with Crippen molar-refractivity contribution >= 4 is 11.9 Å². The van der Waals surface area contributed by atoms with Gasteiger partial charge in [-0.25, -0.2) is 9.18 Å². The Morgan fingerprint density at radius 2 is 1.89 bits per heavy atom. The molecule has 1 aliphatic rings. The van der Waals surface area contributed by atoms with Crippen LogP contribution in [0.1, 0.15) is 30.4 Å². The number of carbonyl (C=O) groups is 2. The number of benzene rings is 2. The van der Waals surface area contributed by atoms with Gasteiger partial charge in [-0.3, -0.25) is 4.79 Å². The Labute approximate surface area is 156 Å². The van der Waals surface area contributed by atoms with E-state index >= 15 is 0 Å². The van der Waals surface area contributed by atoms with Gasteiger partial charge in [0.2, 0.25) is 5.91 Å². The normalized spacial score (nSPS) is 16.7. The molecule has 1 aliphatic heterocycles. The molecular weight excluding hydrogens is 349 g/mol. The second kappa shape index (κ2) is 8.03. The predicted octanol–water partition coefficient (Wildman–Crippen LogP) is 3.46. The maximum Gasteiger partial charge on any atom is 0.336 e. The molecule has 2 aromatic carbocycles. The molecule has 140 valence electrons. The maximum absolute atomic E-state index is 14.3. The molecule has 2 aromatic rings. The predicted molar refractivity (Wildman–Crippen MR) is 97.4 cm³/mol. The molecule has 6 heteroatoms. The van der Waals surface area contributed by atoms with E-state index in [-0.39, 0.29) is 24.5 Å². The van der Waals surface area contributed by atoms with Crippen LogP contribution in [0.3, 0.4) is 0 Å². The Balaban J connectivity index is 1.82. The Kier molecular flexibility index (Phi) is 5.54. The minimum atomic E-state index is -0.677. The molecule has 5 nitrogen and oxygen atoms in total. The third-order valence-electron chi connectivity index (χ3n) is 4.50. The highest BCUT2D eigenvalue weighted by Gasteiger charge is 2.34. The molecule has 1 atom stereocenters. The van der Waals surface area contributed by atoms with E-state index in [1.807, 2.05) is 0 Å². The molecular formula is C21H20FNO4. The third kappa shape index (κ3) is 4.16. The summed E-state index contributed by atoms with van der Waals surface area (Å²) in [6.07, 6.45) is -0.00869. The van der Waals surface area contributed by atoms with E-state index in [1.165, 1.54) is 6.07 Å². The standard InChI is InChI=1S/C21H20FNO4/c1-13-20(21(25)27-12-14-7-9-15(26-2)10-8-14)17(11-19(24)23-13)16-5-3-4-6-18(16)22/h3-10,17H,11-12H2,1-2H3,(H,23,24)/t17-/m0/s1. The third-order valence-corrected chi connectivity index (χ3v) is 4.50. The zero-order chi connectivity index (χ0) is 19.4. The van der Waals surface area contributed by atoms with Crippen LogP contribution >= 0.6 is 0 Å². The second-order valence-corrected chi connectivity index (χ2v) is 6.29. The van der Waals surface area contributed by atoms with Gasteiger partial charge in [-0.2, -0.15) is 0 Å². The fraction of sp³-hybridized carbons (Fsp3) is 0.238. The van der Waals surface area contributed by atoms with E-state index in [9.17, 15) is 14.0 Å². The van der Waals surface area contributed by atoms with Gasteiger partial charge in [-0.15, -0.1) is 0 Å². The molecule has 1 N–H and O–H groups in total. The lowest BCUT2D eigenvalue weighted by Crippen LogP contribution is -2.34. The Morgan fingerprint density at radius 3 is 2.56 bits per heavy atom. The van der Waals surface area contributed by atoms with Gasteiger partial charge in [-0.1, -0.05) is 30.3 Å². The average molecular weight is 369 g/mol. The van der Waals surface area contributed by atoms with Crippen LogP contribution in [-0.4, -0.2) is 19.0 Å². The number of halogens is 1. The van der Waals surface area contributed by atoms with Crippen LogP contribution < -0.4 is 10.1 Å². The Bertz CT molecular complexity index is 889. The molecule has 0 saturated heterocycles. The van der Waals surface area contributed by atoms with Gasteiger partial charge in [-0.05, 0) is 36.2 Å². The molecule has 0 saturated carbocycles. The van der Waals surface area contributed by atoms with Crippen LogP contribution in [0.5, 0.6) is 5.75 Å². The van der Waals surface area contributed by atoms with Crippen molar-refractivity contribution in [2.24, 2.45) is 0 Å². The van der Waals surface area contributed by atoms with E-state index < -0.39 is 17.7 Å². The molecule has 0 aromatic heterocycles. The van der Waals surface area contributed by atoms with Crippen molar-refractivity contribution in [2.75, 3.05) is 7.11 Å². The van der Waals surface area contributed by atoms with Gasteiger partial charge in [0.25, 0.3) is 0 Å². The fourth-order valence-electron chi connectivity index (χ4n) is 3.14. The van der Waals surface area contributed by atoms with E-state index in [2.05, 4.69) is 5.32 Å². The molecule has 0 spiro atoms. The zero-order valence-electron chi connectivity index (χ0n) is 15.1. The molecule has 1 heterocycles. The summed E-state index contributed by atoms with van der Waals surface area (Å²) in [5.41, 5.74) is 1.76. The first-order valence-electron chi connectivity index (χ1n) is 8.54. The van der Waals surface area contributed by atoms with Crippen LogP contribution in [0.2, 0.25) is 0 Å². The van der Waals surface area contributed by atoms with Crippen LogP contribution in [0.4, 0.5) is 4.39 Å². The van der Waals surface area contributed by atoms with Crippen molar-refractivity contribution in [3.05, 3.63) is 76.7 Å². The molecule has 27 heavy (non-hydrogen) atoms. The Morgan fingerprint density at radius 1 is 1.19 bits per heavy atom. The van der Waals surface area contributed by atoms with Gasteiger partial charge in [0, 0.05) is 18.0 Å². The summed E-state index contributed by atoms with van der Waals surface area (Å²) in [6, 6.07) is 13.3. The van der Waals surface area contributed by atoms with E-state index in [1.54, 1.807) is 56.5 Å². The van der Waals surface area contributed by atoms with E-state index in [0.29, 0.717) is 17.0 Å². The summed E-state index contributed by atoms with van der Waals surface area (Å²) in [6.45, 7) is 1.69. The van der Waals surface area contributed by atoms with Gasteiger partial charge >= 0.3 is 5.97 Å². The topological polar surface area (TPSA) is 64.6 Å². The molecule has 0 aliphatic carbocycles.